The third kappa shape index (κ3) is 5.01. The topological polar surface area (TPSA) is 28.5 Å². The molecule has 2 aliphatic heterocycles. The zero-order chi connectivity index (χ0) is 22.8. The number of hydrogen-bond acceptors (Lipinski definition) is 2. The summed E-state index contributed by atoms with van der Waals surface area (Å²) in [5.41, 5.74) is 5.31. The highest BCUT2D eigenvalue weighted by Crippen LogP contribution is 2.27. The van der Waals surface area contributed by atoms with Crippen LogP contribution in [0.5, 0.6) is 0 Å². The van der Waals surface area contributed by atoms with Gasteiger partial charge in [0, 0.05) is 43.3 Å². The molecule has 0 bridgehead atoms. The van der Waals surface area contributed by atoms with Crippen molar-refractivity contribution >= 4 is 16.8 Å². The fraction of sp³-hybridized carbons (Fsp3) is 0.483. The van der Waals surface area contributed by atoms with Crippen molar-refractivity contribution in [3.8, 4) is 0 Å². The van der Waals surface area contributed by atoms with E-state index in [1.54, 1.807) is 0 Å². The van der Waals surface area contributed by atoms with Gasteiger partial charge in [-0.15, -0.1) is 0 Å². The Morgan fingerprint density at radius 2 is 1.58 bits per heavy atom. The molecular weight excluding hydrogens is 406 g/mol. The van der Waals surface area contributed by atoms with E-state index in [0.717, 1.165) is 70.9 Å². The molecule has 0 atom stereocenters. The number of carbonyl (C=O) groups excluding carboxylic acids is 1. The average molecular weight is 444 g/mol. The summed E-state index contributed by atoms with van der Waals surface area (Å²) in [6, 6.07) is 20.0. The molecule has 3 aromatic rings. The Labute approximate surface area is 198 Å². The van der Waals surface area contributed by atoms with Crippen LogP contribution in [-0.4, -0.2) is 46.5 Å². The Hall–Kier alpha value is -2.59. The van der Waals surface area contributed by atoms with E-state index in [2.05, 4.69) is 82.8 Å². The zero-order valence-electron chi connectivity index (χ0n) is 20.2. The highest BCUT2D eigenvalue weighted by molar-refractivity contribution is 5.81. The van der Waals surface area contributed by atoms with Crippen molar-refractivity contribution < 1.29 is 4.79 Å². The van der Waals surface area contributed by atoms with Crippen molar-refractivity contribution in [1.82, 2.24) is 14.4 Å². The summed E-state index contributed by atoms with van der Waals surface area (Å²) >= 11 is 0. The fourth-order valence-corrected chi connectivity index (χ4v) is 5.52. The van der Waals surface area contributed by atoms with Gasteiger partial charge in [0.15, 0.2) is 0 Å². The van der Waals surface area contributed by atoms with Gasteiger partial charge in [0.2, 0.25) is 5.91 Å². The largest absolute Gasteiger partial charge is 0.342 e. The fourth-order valence-electron chi connectivity index (χ4n) is 5.52. The van der Waals surface area contributed by atoms with Gasteiger partial charge in [0.05, 0.1) is 0 Å². The molecule has 2 aromatic carbocycles. The molecule has 2 saturated heterocycles. The summed E-state index contributed by atoms with van der Waals surface area (Å²) in [7, 11) is 0. The van der Waals surface area contributed by atoms with E-state index in [-0.39, 0.29) is 5.92 Å². The van der Waals surface area contributed by atoms with Crippen LogP contribution < -0.4 is 0 Å². The van der Waals surface area contributed by atoms with Gasteiger partial charge in [-0.2, -0.15) is 0 Å². The molecule has 0 spiro atoms. The summed E-state index contributed by atoms with van der Waals surface area (Å²) in [5, 5.41) is 1.31. The number of likely N-dealkylation sites (tertiary alicyclic amines) is 2. The number of aromatic nitrogens is 1. The van der Waals surface area contributed by atoms with E-state index in [9.17, 15) is 4.79 Å². The molecule has 0 radical (unpaired) electrons. The summed E-state index contributed by atoms with van der Waals surface area (Å²) in [5.74, 6) is 1.39. The third-order valence-corrected chi connectivity index (χ3v) is 7.78. The van der Waals surface area contributed by atoms with Gasteiger partial charge in [0.25, 0.3) is 0 Å². The molecule has 174 valence electrons. The van der Waals surface area contributed by atoms with E-state index >= 15 is 0 Å². The predicted molar refractivity (Wildman–Crippen MR) is 135 cm³/mol. The minimum Gasteiger partial charge on any atom is -0.342 e. The molecule has 33 heavy (non-hydrogen) atoms. The second-order valence-electron chi connectivity index (χ2n) is 10.3. The average Bonchev–Trinajstić information content (AvgIpc) is 3.18. The highest BCUT2D eigenvalue weighted by Gasteiger charge is 2.30. The number of nitrogens with zero attached hydrogens (tertiary/aromatic N) is 3. The van der Waals surface area contributed by atoms with Crippen LogP contribution in [0.15, 0.2) is 54.6 Å². The molecule has 0 aliphatic carbocycles. The first kappa shape index (κ1) is 22.2. The molecule has 1 aromatic heterocycles. The Bertz CT molecular complexity index is 1080. The first-order valence-electron chi connectivity index (χ1n) is 12.7. The van der Waals surface area contributed by atoms with Crippen molar-refractivity contribution in [3.05, 3.63) is 71.4 Å². The minimum absolute atomic E-state index is 0.216. The lowest BCUT2D eigenvalue weighted by atomic mass is 9.92. The van der Waals surface area contributed by atoms with Gasteiger partial charge in [-0.1, -0.05) is 55.0 Å². The van der Waals surface area contributed by atoms with Crippen LogP contribution in [-0.2, 0) is 17.9 Å². The van der Waals surface area contributed by atoms with Crippen LogP contribution in [0.1, 0.15) is 49.4 Å². The molecule has 0 unspecified atom stereocenters. The molecule has 0 N–H and O–H groups in total. The molecule has 4 nitrogen and oxygen atoms in total. The monoisotopic (exact) mass is 443 g/mol. The van der Waals surface area contributed by atoms with Crippen LogP contribution in [0, 0.1) is 18.8 Å². The zero-order valence-corrected chi connectivity index (χ0v) is 20.2. The molecule has 2 aliphatic rings. The highest BCUT2D eigenvalue weighted by atomic mass is 16.2. The SMILES string of the molecule is Cc1ccc(Cn2c(CN3CCC(C(=O)N4CCC(C)CC4)CC3)cc3ccccc32)cc1. The van der Waals surface area contributed by atoms with E-state index in [0.29, 0.717) is 5.91 Å². The van der Waals surface area contributed by atoms with Crippen LogP contribution in [0.2, 0.25) is 0 Å². The quantitative estimate of drug-likeness (QED) is 0.523. The molecule has 3 heterocycles. The maximum Gasteiger partial charge on any atom is 0.225 e. The smallest absolute Gasteiger partial charge is 0.225 e. The van der Waals surface area contributed by atoms with Crippen LogP contribution >= 0.6 is 0 Å². The third-order valence-electron chi connectivity index (χ3n) is 7.78. The van der Waals surface area contributed by atoms with Crippen LogP contribution in [0.4, 0.5) is 0 Å². The van der Waals surface area contributed by atoms with Gasteiger partial charge in [-0.3, -0.25) is 9.69 Å². The number of carbonyl (C=O) groups is 1. The lowest BCUT2D eigenvalue weighted by molar-refractivity contribution is -0.138. The van der Waals surface area contributed by atoms with Crippen molar-refractivity contribution in [1.29, 1.82) is 0 Å². The van der Waals surface area contributed by atoms with E-state index in [4.69, 9.17) is 0 Å². The maximum atomic E-state index is 13.0. The summed E-state index contributed by atoms with van der Waals surface area (Å²) in [6.45, 7) is 10.2. The number of fused-ring (bicyclic) bond motifs is 1. The van der Waals surface area contributed by atoms with Gasteiger partial charge < -0.3 is 9.47 Å². The second-order valence-corrected chi connectivity index (χ2v) is 10.3. The van der Waals surface area contributed by atoms with E-state index in [1.165, 1.54) is 27.7 Å². The molecule has 1 amide bonds. The number of piperidine rings is 2. The number of rotatable bonds is 5. The summed E-state index contributed by atoms with van der Waals surface area (Å²) < 4.78 is 2.48. The standard InChI is InChI=1S/C29H37N3O/c1-22-7-9-24(10-8-22)20-32-27(19-26-5-3-4-6-28(26)32)21-30-15-13-25(14-16-30)29(33)31-17-11-23(2)12-18-31/h3-10,19,23,25H,11-18,20-21H2,1-2H3. The van der Waals surface area contributed by atoms with Crippen molar-refractivity contribution in [2.24, 2.45) is 11.8 Å². The molecule has 5 rings (SSSR count). The minimum atomic E-state index is 0.216. The van der Waals surface area contributed by atoms with Crippen molar-refractivity contribution in [2.45, 2.75) is 52.6 Å². The Balaban J connectivity index is 1.26. The second kappa shape index (κ2) is 9.72. The van der Waals surface area contributed by atoms with Crippen molar-refractivity contribution in [3.63, 3.8) is 0 Å². The number of para-hydroxylation sites is 1. The number of benzene rings is 2. The summed E-state index contributed by atoms with van der Waals surface area (Å²) in [4.78, 5) is 17.7. The molecule has 4 heteroatoms. The number of aryl methyl sites for hydroxylation is 1. The maximum absolute atomic E-state index is 13.0. The van der Waals surface area contributed by atoms with Gasteiger partial charge in [-0.25, -0.2) is 0 Å². The molecular formula is C29H37N3O. The summed E-state index contributed by atoms with van der Waals surface area (Å²) in [6.07, 6.45) is 4.30. The Morgan fingerprint density at radius 1 is 0.879 bits per heavy atom. The van der Waals surface area contributed by atoms with Gasteiger partial charge >= 0.3 is 0 Å². The number of hydrogen-bond donors (Lipinski definition) is 0. The van der Waals surface area contributed by atoms with Gasteiger partial charge in [-0.05, 0) is 74.7 Å². The normalized spacial score (nSPS) is 18.8. The Morgan fingerprint density at radius 3 is 2.30 bits per heavy atom. The van der Waals surface area contributed by atoms with Crippen LogP contribution in [0.3, 0.4) is 0 Å². The lowest BCUT2D eigenvalue weighted by Crippen LogP contribution is -2.45. The van der Waals surface area contributed by atoms with Crippen molar-refractivity contribution in [2.75, 3.05) is 26.2 Å². The molecule has 0 saturated carbocycles. The Kier molecular flexibility index (Phi) is 6.55. The van der Waals surface area contributed by atoms with Crippen LogP contribution in [0.25, 0.3) is 10.9 Å². The first-order chi connectivity index (χ1) is 16.1. The first-order valence-corrected chi connectivity index (χ1v) is 12.7. The van der Waals surface area contributed by atoms with Gasteiger partial charge in [0.1, 0.15) is 0 Å². The number of amides is 1. The molecule has 2 fully saturated rings. The van der Waals surface area contributed by atoms with E-state index < -0.39 is 0 Å². The lowest BCUT2D eigenvalue weighted by Gasteiger charge is -2.36. The van der Waals surface area contributed by atoms with E-state index in [1.807, 2.05) is 0 Å². The predicted octanol–water partition coefficient (Wildman–Crippen LogP) is 5.47.